The van der Waals surface area contributed by atoms with E-state index in [1.54, 1.807) is 0 Å². The predicted molar refractivity (Wildman–Crippen MR) is 127 cm³/mol. The fourth-order valence-corrected chi connectivity index (χ4v) is 5.63. The number of rotatable bonds is 12. The molecule has 0 spiro atoms. The van der Waals surface area contributed by atoms with Crippen LogP contribution in [0, 0.1) is 0 Å². The Morgan fingerprint density at radius 1 is 0.969 bits per heavy atom. The third-order valence-corrected chi connectivity index (χ3v) is 7.54. The Hall–Kier alpha value is -1.78. The molecule has 2 aromatic carbocycles. The van der Waals surface area contributed by atoms with Gasteiger partial charge in [-0.3, -0.25) is 13.8 Å². The normalized spacial score (nSPS) is 18.2. The van der Waals surface area contributed by atoms with Crippen LogP contribution in [0.4, 0.5) is 0 Å². The Morgan fingerprint density at radius 2 is 1.53 bits per heavy atom. The van der Waals surface area contributed by atoms with Crippen molar-refractivity contribution in [2.24, 2.45) is 0 Å². The topological polar surface area (TPSA) is 72.8 Å². The zero-order valence-electron chi connectivity index (χ0n) is 18.9. The zero-order chi connectivity index (χ0) is 22.9. The average molecular weight is 459 g/mol. The van der Waals surface area contributed by atoms with Crippen molar-refractivity contribution in [2.45, 2.75) is 76.2 Å². The Kier molecular flexibility index (Phi) is 9.24. The van der Waals surface area contributed by atoms with Crippen LogP contribution in [-0.2, 0) is 23.8 Å². The van der Waals surface area contributed by atoms with Gasteiger partial charge in [-0.25, -0.2) is 4.57 Å². The van der Waals surface area contributed by atoms with Gasteiger partial charge in [-0.2, -0.15) is 0 Å². The number of phosphoric ester groups is 1. The minimum absolute atomic E-state index is 0.112. The summed E-state index contributed by atoms with van der Waals surface area (Å²) >= 11 is 0. The van der Waals surface area contributed by atoms with Gasteiger partial charge in [0, 0.05) is 18.3 Å². The number of benzene rings is 2. The maximum atomic E-state index is 12.4. The molecule has 1 unspecified atom stereocenters. The van der Waals surface area contributed by atoms with E-state index in [1.165, 1.54) is 11.1 Å². The Morgan fingerprint density at radius 3 is 2.06 bits per heavy atom. The lowest BCUT2D eigenvalue weighted by atomic mass is 9.65. The van der Waals surface area contributed by atoms with Crippen molar-refractivity contribution in [3.05, 3.63) is 71.8 Å². The largest absolute Gasteiger partial charge is 0.472 e. The van der Waals surface area contributed by atoms with E-state index < -0.39 is 7.82 Å². The molecule has 1 fully saturated rings. The third kappa shape index (κ3) is 6.86. The molecule has 0 aromatic heterocycles. The maximum absolute atomic E-state index is 12.4. The van der Waals surface area contributed by atoms with Gasteiger partial charge in [0.1, 0.15) is 5.78 Å². The summed E-state index contributed by atoms with van der Waals surface area (Å²) < 4.78 is 23.2. The average Bonchev–Trinajstić information content (AvgIpc) is 2.82. The number of unbranched alkanes of at least 4 members (excludes halogenated alkanes) is 2. The van der Waals surface area contributed by atoms with E-state index in [0.29, 0.717) is 32.1 Å². The van der Waals surface area contributed by atoms with Gasteiger partial charge in [-0.05, 0) is 49.7 Å². The van der Waals surface area contributed by atoms with Crippen LogP contribution in [0.25, 0.3) is 0 Å². The molecule has 1 atom stereocenters. The first-order valence-corrected chi connectivity index (χ1v) is 13.2. The molecule has 1 aliphatic carbocycles. The third-order valence-electron chi connectivity index (χ3n) is 6.47. The predicted octanol–water partition coefficient (Wildman–Crippen LogP) is 6.59. The van der Waals surface area contributed by atoms with E-state index in [2.05, 4.69) is 48.5 Å². The minimum Gasteiger partial charge on any atom is -0.302 e. The zero-order valence-corrected chi connectivity index (χ0v) is 19.8. The van der Waals surface area contributed by atoms with E-state index >= 15 is 0 Å². The lowest BCUT2D eigenvalue weighted by Crippen LogP contribution is -2.35. The number of ketones is 1. The molecule has 0 bridgehead atoms. The summed E-state index contributed by atoms with van der Waals surface area (Å²) in [7, 11) is -4.09. The highest BCUT2D eigenvalue weighted by molar-refractivity contribution is 7.47. The van der Waals surface area contributed by atoms with E-state index in [9.17, 15) is 14.3 Å². The van der Waals surface area contributed by atoms with Gasteiger partial charge in [0.2, 0.25) is 0 Å². The molecule has 0 aliphatic heterocycles. The van der Waals surface area contributed by atoms with Gasteiger partial charge in [0.15, 0.2) is 0 Å². The van der Waals surface area contributed by atoms with Gasteiger partial charge in [0.25, 0.3) is 0 Å². The maximum Gasteiger partial charge on any atom is 0.472 e. The van der Waals surface area contributed by atoms with Gasteiger partial charge in [-0.15, -0.1) is 0 Å². The summed E-state index contributed by atoms with van der Waals surface area (Å²) in [5.74, 6) is 0.251. The van der Waals surface area contributed by atoms with Crippen LogP contribution in [0.3, 0.4) is 0 Å². The highest BCUT2D eigenvalue weighted by Crippen LogP contribution is 2.51. The second-order valence-corrected chi connectivity index (χ2v) is 10.0. The molecule has 0 amide bonds. The van der Waals surface area contributed by atoms with Crippen LogP contribution in [0.15, 0.2) is 60.7 Å². The summed E-state index contributed by atoms with van der Waals surface area (Å²) in [5, 5.41) is 0. The van der Waals surface area contributed by atoms with Crippen molar-refractivity contribution >= 4 is 13.6 Å². The Labute approximate surface area is 191 Å². The number of Topliss-reactive ketones (excluding diaryl/α,β-unsaturated/α-hetero) is 1. The number of hydrogen-bond donors (Lipinski definition) is 1. The molecule has 0 saturated heterocycles. The van der Waals surface area contributed by atoms with Crippen molar-refractivity contribution < 1.29 is 23.3 Å². The second kappa shape index (κ2) is 11.9. The quantitative estimate of drug-likeness (QED) is 0.287. The number of carbonyl (C=O) groups excluding carboxylic acids is 1. The Balaban J connectivity index is 1.52. The fourth-order valence-electron chi connectivity index (χ4n) is 4.62. The number of carbonyl (C=O) groups is 1. The van der Waals surface area contributed by atoms with Crippen molar-refractivity contribution in [3.8, 4) is 0 Å². The number of hydrogen-bond acceptors (Lipinski definition) is 4. The first-order chi connectivity index (χ1) is 15.5. The molecule has 32 heavy (non-hydrogen) atoms. The van der Waals surface area contributed by atoms with E-state index in [1.807, 2.05) is 19.1 Å². The van der Waals surface area contributed by atoms with Crippen LogP contribution < -0.4 is 0 Å². The molecule has 1 N–H and O–H groups in total. The molecular formula is C26H35O5P. The van der Waals surface area contributed by atoms with Gasteiger partial charge >= 0.3 is 7.82 Å². The van der Waals surface area contributed by atoms with Gasteiger partial charge in [0.05, 0.1) is 12.7 Å². The first-order valence-electron chi connectivity index (χ1n) is 11.7. The molecule has 1 saturated carbocycles. The van der Waals surface area contributed by atoms with Crippen molar-refractivity contribution in [1.29, 1.82) is 0 Å². The second-order valence-electron chi connectivity index (χ2n) is 8.62. The van der Waals surface area contributed by atoms with Crippen molar-refractivity contribution in [3.63, 3.8) is 0 Å². The number of phosphoric acid groups is 1. The summed E-state index contributed by atoms with van der Waals surface area (Å²) in [5.41, 5.74) is 2.43. The molecule has 2 aromatic rings. The monoisotopic (exact) mass is 458 g/mol. The van der Waals surface area contributed by atoms with E-state index in [-0.39, 0.29) is 23.9 Å². The molecule has 0 heterocycles. The highest BCUT2D eigenvalue weighted by atomic mass is 31.2. The minimum atomic E-state index is -4.09. The van der Waals surface area contributed by atoms with E-state index in [4.69, 9.17) is 9.05 Å². The van der Waals surface area contributed by atoms with Gasteiger partial charge in [-0.1, -0.05) is 74.0 Å². The van der Waals surface area contributed by atoms with Crippen LogP contribution >= 0.6 is 7.82 Å². The van der Waals surface area contributed by atoms with Crippen LogP contribution in [0.5, 0.6) is 0 Å². The Bertz CT molecular complexity index is 834. The molecule has 1 aliphatic rings. The van der Waals surface area contributed by atoms with Crippen molar-refractivity contribution in [2.75, 3.05) is 6.61 Å². The summed E-state index contributed by atoms with van der Waals surface area (Å²) in [6, 6.07) is 21.0. The SMILES string of the molecule is CCC(=O)CCCCCOP(=O)(O)OC1CCC(c2ccccc2)(c2ccccc2)CC1. The molecule has 5 nitrogen and oxygen atoms in total. The molecular weight excluding hydrogens is 423 g/mol. The van der Waals surface area contributed by atoms with Crippen LogP contribution in [0.2, 0.25) is 0 Å². The van der Waals surface area contributed by atoms with Crippen molar-refractivity contribution in [1.82, 2.24) is 0 Å². The summed E-state index contributed by atoms with van der Waals surface area (Å²) in [4.78, 5) is 21.5. The van der Waals surface area contributed by atoms with Crippen LogP contribution in [0.1, 0.15) is 75.8 Å². The first kappa shape index (κ1) is 24.9. The molecule has 0 radical (unpaired) electrons. The van der Waals surface area contributed by atoms with Crippen LogP contribution in [-0.4, -0.2) is 23.4 Å². The lowest BCUT2D eigenvalue weighted by molar-refractivity contribution is -0.118. The lowest BCUT2D eigenvalue weighted by Gasteiger charge is -2.41. The fraction of sp³-hybridized carbons (Fsp3) is 0.500. The molecule has 6 heteroatoms. The standard InChI is InChI=1S/C26H35O5P/c1-2-24(27)16-10-5-11-21-30-32(28,29)31-25-17-19-26(20-18-25,22-12-6-3-7-13-22)23-14-8-4-9-15-23/h3-4,6-9,12-15,25H,2,5,10-11,16-21H2,1H3,(H,28,29). The van der Waals surface area contributed by atoms with Gasteiger partial charge < -0.3 is 4.89 Å². The summed E-state index contributed by atoms with van der Waals surface area (Å²) in [6.07, 6.45) is 6.13. The highest BCUT2D eigenvalue weighted by Gasteiger charge is 2.40. The summed E-state index contributed by atoms with van der Waals surface area (Å²) in [6.45, 7) is 2.03. The molecule has 3 rings (SSSR count). The van der Waals surface area contributed by atoms with E-state index in [0.717, 1.165) is 25.7 Å². The molecule has 174 valence electrons. The smallest absolute Gasteiger partial charge is 0.302 e.